The summed E-state index contributed by atoms with van der Waals surface area (Å²) in [7, 11) is 0. The third kappa shape index (κ3) is 3.90. The van der Waals surface area contributed by atoms with Gasteiger partial charge >= 0.3 is 0 Å². The molecule has 31 heavy (non-hydrogen) atoms. The van der Waals surface area contributed by atoms with Crippen molar-refractivity contribution in [2.75, 3.05) is 12.3 Å². The number of aryl methyl sites for hydroxylation is 1. The summed E-state index contributed by atoms with van der Waals surface area (Å²) in [6, 6.07) is 2.11. The van der Waals surface area contributed by atoms with Crippen LogP contribution in [0.15, 0.2) is 34.1 Å². The molecule has 2 aliphatic rings. The van der Waals surface area contributed by atoms with Crippen LogP contribution in [-0.4, -0.2) is 32.7 Å². The normalized spacial score (nSPS) is 18.1. The second-order valence-electron chi connectivity index (χ2n) is 8.35. The first-order valence-electron chi connectivity index (χ1n) is 10.7. The van der Waals surface area contributed by atoms with Crippen molar-refractivity contribution < 1.29 is 4.79 Å². The number of carbonyl (C=O) groups excluding carboxylic acids is 1. The number of allylic oxidation sites excluding steroid dienone is 1. The largest absolute Gasteiger partial charge is 0.337 e. The zero-order valence-corrected chi connectivity index (χ0v) is 20.0. The molecule has 8 heteroatoms. The number of fused-ring (bicyclic) bond motifs is 4. The standard InChI is InChI=1S/C23H25N3O2S3/c1-3-8-26-22(28)20-16-5-4-14(2)11-18(16)31-21(20)24-23(26)30-13-19(27)25-9-6-17-15(12-25)7-10-29-17/h3,7,10,14H,1,4-6,8-9,11-13H2,2H3. The molecular weight excluding hydrogens is 446 g/mol. The number of amides is 1. The first-order chi connectivity index (χ1) is 15.0. The number of thiophene rings is 2. The Kier molecular flexibility index (Phi) is 5.79. The number of rotatable bonds is 5. The number of aromatic nitrogens is 2. The lowest BCUT2D eigenvalue weighted by molar-refractivity contribution is -0.129. The maximum atomic E-state index is 13.4. The van der Waals surface area contributed by atoms with Crippen LogP contribution in [0.2, 0.25) is 0 Å². The van der Waals surface area contributed by atoms with Gasteiger partial charge in [-0.1, -0.05) is 24.8 Å². The molecule has 3 aromatic heterocycles. The van der Waals surface area contributed by atoms with E-state index < -0.39 is 0 Å². The van der Waals surface area contributed by atoms with Crippen LogP contribution >= 0.6 is 34.4 Å². The van der Waals surface area contributed by atoms with E-state index in [9.17, 15) is 9.59 Å². The maximum absolute atomic E-state index is 13.4. The Bertz CT molecular complexity index is 1220. The zero-order chi connectivity index (χ0) is 21.5. The molecule has 1 unspecified atom stereocenters. The summed E-state index contributed by atoms with van der Waals surface area (Å²) in [5.74, 6) is 1.04. The molecule has 0 fully saturated rings. The van der Waals surface area contributed by atoms with Crippen LogP contribution in [0.4, 0.5) is 0 Å². The van der Waals surface area contributed by atoms with Gasteiger partial charge in [-0.2, -0.15) is 0 Å². The van der Waals surface area contributed by atoms with Crippen LogP contribution < -0.4 is 5.56 Å². The highest BCUT2D eigenvalue weighted by molar-refractivity contribution is 7.99. The van der Waals surface area contributed by atoms with Crippen molar-refractivity contribution in [3.8, 4) is 0 Å². The molecule has 1 aliphatic heterocycles. The minimum atomic E-state index is 0.00721. The van der Waals surface area contributed by atoms with Crippen LogP contribution in [-0.2, 0) is 37.1 Å². The van der Waals surface area contributed by atoms with Crippen molar-refractivity contribution in [2.24, 2.45) is 5.92 Å². The molecule has 0 N–H and O–H groups in total. The highest BCUT2D eigenvalue weighted by atomic mass is 32.2. The Balaban J connectivity index is 1.41. The van der Waals surface area contributed by atoms with Gasteiger partial charge in [-0.3, -0.25) is 14.2 Å². The Labute approximate surface area is 193 Å². The van der Waals surface area contributed by atoms with Crippen LogP contribution in [0, 0.1) is 5.92 Å². The van der Waals surface area contributed by atoms with Gasteiger partial charge in [0.1, 0.15) is 4.83 Å². The average molecular weight is 472 g/mol. The van der Waals surface area contributed by atoms with Crippen LogP contribution in [0.3, 0.4) is 0 Å². The molecule has 4 heterocycles. The molecule has 0 bridgehead atoms. The molecular formula is C23H25N3O2S3. The number of carbonyl (C=O) groups is 1. The van der Waals surface area contributed by atoms with Crippen molar-refractivity contribution >= 4 is 50.6 Å². The van der Waals surface area contributed by atoms with Crippen LogP contribution in [0.1, 0.15) is 34.2 Å². The fraction of sp³-hybridized carbons (Fsp3) is 0.435. The van der Waals surface area contributed by atoms with Gasteiger partial charge in [0.2, 0.25) is 5.91 Å². The van der Waals surface area contributed by atoms with Crippen molar-refractivity contribution in [2.45, 2.75) is 50.9 Å². The predicted molar refractivity (Wildman–Crippen MR) is 129 cm³/mol. The molecule has 1 atom stereocenters. The fourth-order valence-corrected chi connectivity index (χ4v) is 7.71. The third-order valence-electron chi connectivity index (χ3n) is 6.18. The molecule has 162 valence electrons. The summed E-state index contributed by atoms with van der Waals surface area (Å²) < 4.78 is 1.69. The molecule has 0 saturated heterocycles. The summed E-state index contributed by atoms with van der Waals surface area (Å²) in [6.07, 6.45) is 5.74. The van der Waals surface area contributed by atoms with E-state index >= 15 is 0 Å². The predicted octanol–water partition coefficient (Wildman–Crippen LogP) is 4.51. The van der Waals surface area contributed by atoms with Gasteiger partial charge in [-0.05, 0) is 54.2 Å². The van der Waals surface area contributed by atoms with Gasteiger partial charge in [0.05, 0.1) is 11.1 Å². The Hall–Kier alpha value is -1.90. The summed E-state index contributed by atoms with van der Waals surface area (Å²) in [6.45, 7) is 7.93. The first-order valence-corrected chi connectivity index (χ1v) is 13.3. The SMILES string of the molecule is C=CCn1c(SCC(=O)N2CCc3sccc3C2)nc2sc3c(c2c1=O)CCC(C)C3. The van der Waals surface area contributed by atoms with Crippen molar-refractivity contribution in [1.29, 1.82) is 0 Å². The summed E-state index contributed by atoms with van der Waals surface area (Å²) in [5, 5.41) is 3.50. The van der Waals surface area contributed by atoms with Gasteiger partial charge in [0.25, 0.3) is 5.56 Å². The van der Waals surface area contributed by atoms with Crippen LogP contribution in [0.25, 0.3) is 10.2 Å². The van der Waals surface area contributed by atoms with Gasteiger partial charge in [-0.25, -0.2) is 4.98 Å². The lowest BCUT2D eigenvalue weighted by atomic mass is 9.89. The van der Waals surface area contributed by atoms with Crippen LogP contribution in [0.5, 0.6) is 0 Å². The van der Waals surface area contributed by atoms with E-state index in [0.29, 0.717) is 24.2 Å². The van der Waals surface area contributed by atoms with E-state index in [-0.39, 0.29) is 17.2 Å². The number of nitrogens with zero attached hydrogens (tertiary/aromatic N) is 3. The summed E-state index contributed by atoms with van der Waals surface area (Å²) in [5.41, 5.74) is 2.46. The second-order valence-corrected chi connectivity index (χ2v) is 11.4. The maximum Gasteiger partial charge on any atom is 0.263 e. The van der Waals surface area contributed by atoms with E-state index in [1.165, 1.54) is 32.6 Å². The Morgan fingerprint density at radius 1 is 1.39 bits per heavy atom. The lowest BCUT2D eigenvalue weighted by Gasteiger charge is -2.27. The number of thioether (sulfide) groups is 1. The second kappa shape index (κ2) is 8.56. The molecule has 0 spiro atoms. The van der Waals surface area contributed by atoms with E-state index in [2.05, 4.69) is 24.9 Å². The minimum Gasteiger partial charge on any atom is -0.337 e. The van der Waals surface area contributed by atoms with Gasteiger partial charge in [0, 0.05) is 29.4 Å². The fourth-order valence-electron chi connectivity index (χ4n) is 4.48. The third-order valence-corrected chi connectivity index (χ3v) is 9.31. The molecule has 0 saturated carbocycles. The monoisotopic (exact) mass is 471 g/mol. The van der Waals surface area contributed by atoms with Gasteiger partial charge in [0.15, 0.2) is 5.16 Å². The van der Waals surface area contributed by atoms with E-state index in [4.69, 9.17) is 4.98 Å². The molecule has 5 nitrogen and oxygen atoms in total. The van der Waals surface area contributed by atoms with E-state index in [1.54, 1.807) is 33.3 Å². The van der Waals surface area contributed by atoms with E-state index in [0.717, 1.165) is 42.4 Å². The van der Waals surface area contributed by atoms with Crippen molar-refractivity contribution in [1.82, 2.24) is 14.5 Å². The first kappa shape index (κ1) is 21.0. The van der Waals surface area contributed by atoms with Gasteiger partial charge in [-0.15, -0.1) is 29.3 Å². The summed E-state index contributed by atoms with van der Waals surface area (Å²) in [4.78, 5) is 36.6. The number of hydrogen-bond acceptors (Lipinski definition) is 6. The Morgan fingerprint density at radius 2 is 2.26 bits per heavy atom. The lowest BCUT2D eigenvalue weighted by Crippen LogP contribution is -2.36. The van der Waals surface area contributed by atoms with Gasteiger partial charge < -0.3 is 4.90 Å². The number of hydrogen-bond donors (Lipinski definition) is 0. The Morgan fingerprint density at radius 3 is 3.10 bits per heavy atom. The molecule has 1 amide bonds. The topological polar surface area (TPSA) is 55.2 Å². The molecule has 1 aliphatic carbocycles. The molecule has 3 aromatic rings. The van der Waals surface area contributed by atoms with Crippen molar-refractivity contribution in [3.63, 3.8) is 0 Å². The van der Waals surface area contributed by atoms with Crippen molar-refractivity contribution in [3.05, 3.63) is 55.3 Å². The van der Waals surface area contributed by atoms with E-state index in [1.807, 2.05) is 4.90 Å². The quantitative estimate of drug-likeness (QED) is 0.312. The zero-order valence-electron chi connectivity index (χ0n) is 17.6. The smallest absolute Gasteiger partial charge is 0.263 e. The highest BCUT2D eigenvalue weighted by Crippen LogP contribution is 2.36. The average Bonchev–Trinajstić information content (AvgIpc) is 3.37. The highest BCUT2D eigenvalue weighted by Gasteiger charge is 2.26. The minimum absolute atomic E-state index is 0.00721. The summed E-state index contributed by atoms with van der Waals surface area (Å²) >= 11 is 4.80. The molecule has 0 aromatic carbocycles. The molecule has 0 radical (unpaired) electrons. The molecule has 5 rings (SSSR count).